The number of nitrogens with zero attached hydrogens (tertiary/aromatic N) is 4. The summed E-state index contributed by atoms with van der Waals surface area (Å²) in [7, 11) is 6.60. The molecule has 3 aliphatic heterocycles. The number of amides is 3. The summed E-state index contributed by atoms with van der Waals surface area (Å²) in [6.45, 7) is 2.98. The molecule has 3 heterocycles. The fraction of sp³-hybridized carbons (Fsp3) is 0.277. The lowest BCUT2D eigenvalue weighted by atomic mass is 10.1. The lowest BCUT2D eigenvalue weighted by Crippen LogP contribution is -2.37. The van der Waals surface area contributed by atoms with Gasteiger partial charge in [0.25, 0.3) is 5.91 Å². The molecule has 60 heavy (non-hydrogen) atoms. The number of likely N-dealkylation sites (N-methyl/N-ethyl adjacent to an activating group) is 2. The number of anilines is 4. The van der Waals surface area contributed by atoms with Crippen LogP contribution in [0.25, 0.3) is 0 Å². The van der Waals surface area contributed by atoms with Crippen molar-refractivity contribution < 1.29 is 33.3 Å². The van der Waals surface area contributed by atoms with Gasteiger partial charge in [0.05, 0.1) is 44.1 Å². The minimum Gasteiger partial charge on any atom is -0.493 e. The molecule has 3 aliphatic rings. The first-order valence-corrected chi connectivity index (χ1v) is 19.9. The normalized spacial score (nSPS) is 16.0. The Balaban J connectivity index is 1.02. The van der Waals surface area contributed by atoms with E-state index in [0.29, 0.717) is 52.9 Å². The zero-order valence-corrected chi connectivity index (χ0v) is 34.4. The van der Waals surface area contributed by atoms with Crippen LogP contribution in [0.4, 0.5) is 28.4 Å². The minimum absolute atomic E-state index is 0.0337. The highest BCUT2D eigenvalue weighted by molar-refractivity contribution is 6.14. The van der Waals surface area contributed by atoms with Crippen molar-refractivity contribution in [3.8, 4) is 23.0 Å². The Morgan fingerprint density at radius 3 is 2.18 bits per heavy atom. The predicted octanol–water partition coefficient (Wildman–Crippen LogP) is 6.64. The van der Waals surface area contributed by atoms with Gasteiger partial charge in [0.1, 0.15) is 13.2 Å². The molecule has 5 aromatic rings. The van der Waals surface area contributed by atoms with Crippen molar-refractivity contribution in [1.29, 1.82) is 0 Å². The highest BCUT2D eigenvalue weighted by atomic mass is 16.5. The predicted molar refractivity (Wildman–Crippen MR) is 233 cm³/mol. The third-order valence-corrected chi connectivity index (χ3v) is 11.3. The Kier molecular flexibility index (Phi) is 11.4. The van der Waals surface area contributed by atoms with Gasteiger partial charge < -0.3 is 39.4 Å². The van der Waals surface area contributed by atoms with Gasteiger partial charge in [-0.15, -0.1) is 0 Å². The Morgan fingerprint density at radius 1 is 0.850 bits per heavy atom. The number of hydrogen-bond donors (Lipinski definition) is 2. The Bertz CT molecular complexity index is 2490. The largest absolute Gasteiger partial charge is 0.493 e. The van der Waals surface area contributed by atoms with Crippen molar-refractivity contribution in [2.75, 3.05) is 61.4 Å². The molecule has 308 valence electrons. The molecule has 0 fully saturated rings. The van der Waals surface area contributed by atoms with Crippen LogP contribution in [0.1, 0.15) is 38.2 Å². The molecule has 8 rings (SSSR count). The van der Waals surface area contributed by atoms with Crippen LogP contribution in [0, 0.1) is 6.92 Å². The molecule has 0 bridgehead atoms. The summed E-state index contributed by atoms with van der Waals surface area (Å²) in [5.74, 6) is 1.67. The van der Waals surface area contributed by atoms with E-state index in [2.05, 4.69) is 16.7 Å². The summed E-state index contributed by atoms with van der Waals surface area (Å²) in [4.78, 5) is 49.0. The molecule has 0 radical (unpaired) electrons. The van der Waals surface area contributed by atoms with E-state index in [1.807, 2.05) is 85.9 Å². The van der Waals surface area contributed by atoms with Crippen molar-refractivity contribution >= 4 is 52.9 Å². The molecule has 2 N–H and O–H groups in total. The summed E-state index contributed by atoms with van der Waals surface area (Å²) in [6.07, 6.45) is 4.18. The number of carbonyl (C=O) groups is 3. The van der Waals surface area contributed by atoms with Gasteiger partial charge in [0, 0.05) is 61.1 Å². The van der Waals surface area contributed by atoms with Crippen LogP contribution in [0.15, 0.2) is 96.0 Å². The highest BCUT2D eigenvalue weighted by Gasteiger charge is 2.36. The second-order valence-corrected chi connectivity index (χ2v) is 15.1. The second-order valence-electron chi connectivity index (χ2n) is 15.1. The molecule has 13 nitrogen and oxygen atoms in total. The molecule has 0 saturated heterocycles. The summed E-state index contributed by atoms with van der Waals surface area (Å²) in [6, 6.07) is 28.7. The SMILES string of the molecule is CNCC(=O)N(C)c1cc(COc2cc3c(cc2OC)C(=O)N2c4ccccc4C[C@H]2C=N3)cc(COc2cc(NCC3Cc4ccccc4N3C=O)c(C)cc2OC)c1. The number of nitrogens with one attached hydrogen (secondary N) is 2. The maximum Gasteiger partial charge on any atom is 0.261 e. The minimum atomic E-state index is -0.184. The molecule has 0 aliphatic carbocycles. The number of fused-ring (bicyclic) bond motifs is 5. The Labute approximate surface area is 349 Å². The molecule has 0 spiro atoms. The number of rotatable bonds is 15. The first kappa shape index (κ1) is 39.9. The van der Waals surface area contributed by atoms with E-state index in [0.717, 1.165) is 57.7 Å². The van der Waals surface area contributed by atoms with Crippen LogP contribution in [-0.4, -0.2) is 77.9 Å². The number of aryl methyl sites for hydroxylation is 1. The second kappa shape index (κ2) is 17.2. The first-order chi connectivity index (χ1) is 29.2. The van der Waals surface area contributed by atoms with E-state index in [1.165, 1.54) is 0 Å². The van der Waals surface area contributed by atoms with Gasteiger partial charge in [-0.05, 0) is 90.7 Å². The molecule has 0 saturated carbocycles. The molecule has 0 aromatic heterocycles. The highest BCUT2D eigenvalue weighted by Crippen LogP contribution is 2.41. The van der Waals surface area contributed by atoms with Crippen LogP contribution < -0.4 is 44.3 Å². The van der Waals surface area contributed by atoms with Crippen LogP contribution >= 0.6 is 0 Å². The van der Waals surface area contributed by atoms with E-state index in [1.54, 1.807) is 55.1 Å². The third-order valence-electron chi connectivity index (χ3n) is 11.3. The monoisotopic (exact) mass is 808 g/mol. The van der Waals surface area contributed by atoms with E-state index in [-0.39, 0.29) is 43.7 Å². The smallest absolute Gasteiger partial charge is 0.261 e. The van der Waals surface area contributed by atoms with Gasteiger partial charge in [-0.25, -0.2) is 0 Å². The summed E-state index contributed by atoms with van der Waals surface area (Å²) in [5.41, 5.74) is 9.07. The lowest BCUT2D eigenvalue weighted by Gasteiger charge is -2.23. The van der Waals surface area contributed by atoms with Gasteiger partial charge in [0.2, 0.25) is 12.3 Å². The number of benzene rings is 5. The number of hydrogen-bond acceptors (Lipinski definition) is 10. The van der Waals surface area contributed by atoms with Gasteiger partial charge >= 0.3 is 0 Å². The number of ether oxygens (including phenoxy) is 4. The molecular formula is C47H48N6O7. The average molecular weight is 809 g/mol. The average Bonchev–Trinajstić information content (AvgIpc) is 3.79. The van der Waals surface area contributed by atoms with E-state index >= 15 is 0 Å². The first-order valence-electron chi connectivity index (χ1n) is 19.9. The topological polar surface area (TPSA) is 134 Å². The molecule has 3 amide bonds. The number of methoxy groups -OCH3 is 2. The molecule has 13 heteroatoms. The zero-order valence-electron chi connectivity index (χ0n) is 34.4. The zero-order chi connectivity index (χ0) is 41.9. The Hall–Kier alpha value is -6.86. The lowest BCUT2D eigenvalue weighted by molar-refractivity contribution is -0.117. The number of carbonyl (C=O) groups excluding carboxylic acids is 3. The van der Waals surface area contributed by atoms with Crippen LogP contribution in [0.2, 0.25) is 0 Å². The van der Waals surface area contributed by atoms with Crippen molar-refractivity contribution in [2.24, 2.45) is 4.99 Å². The maximum atomic E-state index is 13.9. The van der Waals surface area contributed by atoms with Crippen LogP contribution in [-0.2, 0) is 35.6 Å². The van der Waals surface area contributed by atoms with Gasteiger partial charge in [-0.2, -0.15) is 0 Å². The van der Waals surface area contributed by atoms with Crippen molar-refractivity contribution in [3.05, 3.63) is 124 Å². The number of para-hydroxylation sites is 2. The summed E-state index contributed by atoms with van der Waals surface area (Å²) >= 11 is 0. The van der Waals surface area contributed by atoms with Crippen molar-refractivity contribution in [2.45, 2.75) is 45.1 Å². The molecule has 1 unspecified atom stereocenters. The summed E-state index contributed by atoms with van der Waals surface area (Å²) in [5, 5.41) is 6.47. The Morgan fingerprint density at radius 2 is 1.50 bits per heavy atom. The standard InChI is InChI=1S/C47H48N6O7/c1-29-14-42(57-4)44(21-38(29)49-23-35-18-32-10-6-8-12-40(32)52(35)28-54)59-26-30-15-31(17-34(16-30)51(3)46(55)25-48-2)27-60-45-22-39-37(20-43(45)58-5)47(56)53-36(24-50-39)19-33-11-7-9-13-41(33)53/h6-17,20-22,24,28,35-36,48-49H,18-19,23,25-27H2,1-5H3/t35?,36-/m0/s1. The maximum absolute atomic E-state index is 13.9. The fourth-order valence-corrected chi connectivity index (χ4v) is 8.18. The summed E-state index contributed by atoms with van der Waals surface area (Å²) < 4.78 is 24.3. The third kappa shape index (κ3) is 7.83. The van der Waals surface area contributed by atoms with Crippen molar-refractivity contribution in [3.63, 3.8) is 0 Å². The number of aliphatic imine (C=N–C) groups is 1. The van der Waals surface area contributed by atoms with E-state index in [4.69, 9.17) is 23.9 Å². The molecule has 2 atom stereocenters. The van der Waals surface area contributed by atoms with E-state index < -0.39 is 0 Å². The van der Waals surface area contributed by atoms with E-state index in [9.17, 15) is 14.4 Å². The van der Waals surface area contributed by atoms with Gasteiger partial charge in [0.15, 0.2) is 23.0 Å². The molecule has 5 aromatic carbocycles. The van der Waals surface area contributed by atoms with Gasteiger partial charge in [-0.1, -0.05) is 36.4 Å². The van der Waals surface area contributed by atoms with Crippen molar-refractivity contribution in [1.82, 2.24) is 5.32 Å². The quantitative estimate of drug-likeness (QED) is 0.112. The molecular weight excluding hydrogens is 761 g/mol. The fourth-order valence-electron chi connectivity index (χ4n) is 8.18. The van der Waals surface area contributed by atoms with Crippen LogP contribution in [0.5, 0.6) is 23.0 Å². The van der Waals surface area contributed by atoms with Gasteiger partial charge in [-0.3, -0.25) is 24.3 Å². The van der Waals surface area contributed by atoms with Crippen LogP contribution in [0.3, 0.4) is 0 Å².